The first-order chi connectivity index (χ1) is 33.5. The Kier molecular flexibility index (Phi) is 56.5. The van der Waals surface area contributed by atoms with Crippen LogP contribution in [0.2, 0.25) is 0 Å². The largest absolute Gasteiger partial charge is 0.466 e. The Morgan fingerprint density at radius 3 is 1.04 bits per heavy atom. The second kappa shape index (κ2) is 57.9. The van der Waals surface area contributed by atoms with E-state index in [1.807, 2.05) is 0 Å². The maximum absolute atomic E-state index is 12.5. The standard InChI is InChI=1S/C62H119NO5/c1-3-5-7-9-11-13-15-17-19-21-23-26-30-34-38-42-46-50-54-60(65)59(58-64)63-61(66)55-51-47-43-39-35-31-27-24-25-29-33-37-41-45-49-53-57-68-62(67)56-52-48-44-40-36-32-28-22-20-18-16-14-12-10-8-6-4-2/h18,20,24,27,59-60,64-65H,3-17,19,21-23,25-26,28-58H2,1-2H3,(H,63,66)/b20-18-,27-24-. The molecule has 402 valence electrons. The maximum Gasteiger partial charge on any atom is 0.305 e. The minimum Gasteiger partial charge on any atom is -0.466 e. The zero-order valence-electron chi connectivity index (χ0n) is 45.9. The number of carbonyl (C=O) groups is 2. The Morgan fingerprint density at radius 1 is 0.397 bits per heavy atom. The predicted molar refractivity (Wildman–Crippen MR) is 296 cm³/mol. The van der Waals surface area contributed by atoms with E-state index in [-0.39, 0.29) is 18.5 Å². The van der Waals surface area contributed by atoms with Crippen molar-refractivity contribution in [3.63, 3.8) is 0 Å². The number of amides is 1. The second-order valence-electron chi connectivity index (χ2n) is 21.0. The van der Waals surface area contributed by atoms with Gasteiger partial charge >= 0.3 is 5.97 Å². The summed E-state index contributed by atoms with van der Waals surface area (Å²) in [5.74, 6) is -0.0552. The highest BCUT2D eigenvalue weighted by Gasteiger charge is 2.20. The molecule has 0 saturated carbocycles. The van der Waals surface area contributed by atoms with Gasteiger partial charge in [0.2, 0.25) is 5.91 Å². The molecule has 3 N–H and O–H groups in total. The van der Waals surface area contributed by atoms with Crippen LogP contribution in [0.5, 0.6) is 0 Å². The Bertz CT molecular complexity index is 1060. The van der Waals surface area contributed by atoms with Gasteiger partial charge in [0.1, 0.15) is 0 Å². The summed E-state index contributed by atoms with van der Waals surface area (Å²) in [6.45, 7) is 4.94. The minimum atomic E-state index is -0.675. The van der Waals surface area contributed by atoms with Gasteiger partial charge in [0, 0.05) is 12.8 Å². The molecule has 0 radical (unpaired) electrons. The summed E-state index contributed by atoms with van der Waals surface area (Å²) in [6.07, 6.45) is 70.3. The van der Waals surface area contributed by atoms with Crippen molar-refractivity contribution in [2.45, 2.75) is 347 Å². The fourth-order valence-corrected chi connectivity index (χ4v) is 9.51. The molecule has 0 rings (SSSR count). The number of carbonyl (C=O) groups excluding carboxylic acids is 2. The quantitative estimate of drug-likeness (QED) is 0.0321. The highest BCUT2D eigenvalue weighted by atomic mass is 16.5. The fraction of sp³-hybridized carbons (Fsp3) is 0.903. The van der Waals surface area contributed by atoms with Crippen LogP contribution in [0.25, 0.3) is 0 Å². The van der Waals surface area contributed by atoms with Gasteiger partial charge in [-0.25, -0.2) is 0 Å². The molecule has 0 fully saturated rings. The van der Waals surface area contributed by atoms with Crippen molar-refractivity contribution in [3.8, 4) is 0 Å². The second-order valence-corrected chi connectivity index (χ2v) is 21.0. The molecule has 0 aliphatic rings. The zero-order valence-corrected chi connectivity index (χ0v) is 45.9. The molecule has 0 bridgehead atoms. The average molecular weight is 959 g/mol. The monoisotopic (exact) mass is 958 g/mol. The molecule has 6 nitrogen and oxygen atoms in total. The van der Waals surface area contributed by atoms with Crippen molar-refractivity contribution in [2.24, 2.45) is 0 Å². The van der Waals surface area contributed by atoms with Gasteiger partial charge in [-0.15, -0.1) is 0 Å². The van der Waals surface area contributed by atoms with Crippen molar-refractivity contribution in [1.29, 1.82) is 0 Å². The lowest BCUT2D eigenvalue weighted by molar-refractivity contribution is -0.143. The van der Waals surface area contributed by atoms with Gasteiger partial charge in [-0.1, -0.05) is 269 Å². The van der Waals surface area contributed by atoms with E-state index in [0.717, 1.165) is 64.2 Å². The number of ether oxygens (including phenoxy) is 1. The summed E-state index contributed by atoms with van der Waals surface area (Å²) in [6, 6.07) is -0.554. The Labute approximate surface area is 424 Å². The van der Waals surface area contributed by atoms with E-state index in [9.17, 15) is 19.8 Å². The molecule has 0 saturated heterocycles. The molecular formula is C62H119NO5. The van der Waals surface area contributed by atoms with Gasteiger partial charge in [0.25, 0.3) is 0 Å². The SMILES string of the molecule is CCCCCCCC/C=C\CCCCCCCCCC(=O)OCCCCCCCCC/C=C\CCCCCCCC(=O)NC(CO)C(O)CCCCCCCCCCCCCCCCCCCC. The lowest BCUT2D eigenvalue weighted by Crippen LogP contribution is -2.45. The minimum absolute atomic E-state index is 0.00554. The van der Waals surface area contributed by atoms with Crippen LogP contribution in [0, 0.1) is 0 Å². The lowest BCUT2D eigenvalue weighted by Gasteiger charge is -2.22. The Morgan fingerprint density at radius 2 is 0.691 bits per heavy atom. The van der Waals surface area contributed by atoms with E-state index in [2.05, 4.69) is 43.5 Å². The van der Waals surface area contributed by atoms with Crippen molar-refractivity contribution in [3.05, 3.63) is 24.3 Å². The van der Waals surface area contributed by atoms with Crippen LogP contribution in [0.3, 0.4) is 0 Å². The van der Waals surface area contributed by atoms with Gasteiger partial charge in [0.15, 0.2) is 0 Å². The average Bonchev–Trinajstić information content (AvgIpc) is 3.34. The molecule has 6 heteroatoms. The summed E-state index contributed by atoms with van der Waals surface area (Å²) < 4.78 is 5.48. The van der Waals surface area contributed by atoms with Gasteiger partial charge < -0.3 is 20.3 Å². The molecule has 0 heterocycles. The number of rotatable bonds is 57. The Hall–Kier alpha value is -1.66. The van der Waals surface area contributed by atoms with Crippen LogP contribution in [0.4, 0.5) is 0 Å². The van der Waals surface area contributed by atoms with Gasteiger partial charge in [-0.2, -0.15) is 0 Å². The molecule has 0 spiro atoms. The van der Waals surface area contributed by atoms with E-state index < -0.39 is 12.1 Å². The highest BCUT2D eigenvalue weighted by molar-refractivity contribution is 5.76. The third-order valence-corrected chi connectivity index (χ3v) is 14.2. The molecule has 1 amide bonds. The van der Waals surface area contributed by atoms with E-state index >= 15 is 0 Å². The number of hydrogen-bond acceptors (Lipinski definition) is 5. The first kappa shape index (κ1) is 66.3. The van der Waals surface area contributed by atoms with E-state index in [1.165, 1.54) is 238 Å². The summed E-state index contributed by atoms with van der Waals surface area (Å²) in [4.78, 5) is 24.6. The zero-order chi connectivity index (χ0) is 49.3. The molecule has 2 atom stereocenters. The van der Waals surface area contributed by atoms with E-state index in [0.29, 0.717) is 25.9 Å². The van der Waals surface area contributed by atoms with E-state index in [4.69, 9.17) is 4.74 Å². The van der Waals surface area contributed by atoms with Crippen molar-refractivity contribution >= 4 is 11.9 Å². The first-order valence-electron chi connectivity index (χ1n) is 30.6. The number of esters is 1. The number of unbranched alkanes of at least 4 members (excludes halogenated alkanes) is 42. The van der Waals surface area contributed by atoms with E-state index in [1.54, 1.807) is 0 Å². The van der Waals surface area contributed by atoms with Crippen LogP contribution in [0.1, 0.15) is 335 Å². The normalized spacial score (nSPS) is 12.7. The Balaban J connectivity index is 3.45. The fourth-order valence-electron chi connectivity index (χ4n) is 9.51. The number of aliphatic hydroxyl groups is 2. The third-order valence-electron chi connectivity index (χ3n) is 14.2. The maximum atomic E-state index is 12.5. The molecular weight excluding hydrogens is 839 g/mol. The summed E-state index contributed by atoms with van der Waals surface area (Å²) in [5, 5.41) is 23.3. The number of aliphatic hydroxyl groups excluding tert-OH is 2. The summed E-state index contributed by atoms with van der Waals surface area (Å²) in [7, 11) is 0. The third kappa shape index (κ3) is 53.7. The van der Waals surface area contributed by atoms with Crippen LogP contribution in [-0.4, -0.2) is 47.4 Å². The van der Waals surface area contributed by atoms with Gasteiger partial charge in [0.05, 0.1) is 25.4 Å². The topological polar surface area (TPSA) is 95.9 Å². The molecule has 0 aromatic heterocycles. The van der Waals surface area contributed by atoms with Crippen LogP contribution < -0.4 is 5.32 Å². The van der Waals surface area contributed by atoms with Crippen LogP contribution >= 0.6 is 0 Å². The lowest BCUT2D eigenvalue weighted by atomic mass is 10.0. The summed E-state index contributed by atoms with van der Waals surface area (Å²) in [5.41, 5.74) is 0. The smallest absolute Gasteiger partial charge is 0.305 e. The molecule has 0 aliphatic carbocycles. The van der Waals surface area contributed by atoms with Gasteiger partial charge in [-0.05, 0) is 77.0 Å². The molecule has 0 aromatic rings. The van der Waals surface area contributed by atoms with Crippen LogP contribution in [0.15, 0.2) is 24.3 Å². The predicted octanol–water partition coefficient (Wildman–Crippen LogP) is 19.0. The highest BCUT2D eigenvalue weighted by Crippen LogP contribution is 2.17. The molecule has 68 heavy (non-hydrogen) atoms. The number of allylic oxidation sites excluding steroid dienone is 4. The van der Waals surface area contributed by atoms with Crippen molar-refractivity contribution in [2.75, 3.05) is 13.2 Å². The number of nitrogens with one attached hydrogen (secondary N) is 1. The number of hydrogen-bond donors (Lipinski definition) is 3. The van der Waals surface area contributed by atoms with Crippen molar-refractivity contribution in [1.82, 2.24) is 5.32 Å². The van der Waals surface area contributed by atoms with Crippen LogP contribution in [-0.2, 0) is 14.3 Å². The molecule has 2 unspecified atom stereocenters. The first-order valence-corrected chi connectivity index (χ1v) is 30.6. The molecule has 0 aromatic carbocycles. The summed E-state index contributed by atoms with van der Waals surface area (Å²) >= 11 is 0. The van der Waals surface area contributed by atoms with Crippen molar-refractivity contribution < 1.29 is 24.5 Å². The van der Waals surface area contributed by atoms with Gasteiger partial charge in [-0.3, -0.25) is 9.59 Å². The molecule has 0 aliphatic heterocycles.